The van der Waals surface area contributed by atoms with E-state index in [9.17, 15) is 0 Å². The molecule has 2 N–H and O–H groups in total. The molecule has 18 heavy (non-hydrogen) atoms. The number of rotatable bonds is 3. The van der Waals surface area contributed by atoms with Gasteiger partial charge in [0.25, 0.3) is 0 Å². The minimum atomic E-state index is 0.731. The Morgan fingerprint density at radius 3 is 2.78 bits per heavy atom. The molecule has 1 aromatic carbocycles. The molecule has 3 heteroatoms. The zero-order chi connectivity index (χ0) is 13.1. The summed E-state index contributed by atoms with van der Waals surface area (Å²) in [5, 5.41) is 0. The van der Waals surface area contributed by atoms with E-state index < -0.39 is 0 Å². The quantitative estimate of drug-likeness (QED) is 0.854. The summed E-state index contributed by atoms with van der Waals surface area (Å²) in [4.78, 5) is 2.48. The summed E-state index contributed by atoms with van der Waals surface area (Å²) in [5.41, 5.74) is 8.02. The number of nitrogen functional groups attached to an aromatic ring is 1. The van der Waals surface area contributed by atoms with Crippen LogP contribution in [0.2, 0.25) is 0 Å². The van der Waals surface area contributed by atoms with Crippen LogP contribution in [-0.4, -0.2) is 18.0 Å². The molecule has 1 aliphatic carbocycles. The van der Waals surface area contributed by atoms with Gasteiger partial charge in [0.1, 0.15) is 0 Å². The highest BCUT2D eigenvalue weighted by molar-refractivity contribution is 9.10. The molecule has 0 heterocycles. The van der Waals surface area contributed by atoms with Gasteiger partial charge in [-0.15, -0.1) is 0 Å². The summed E-state index contributed by atoms with van der Waals surface area (Å²) < 4.78 is 1.07. The number of hydrogen-bond acceptors (Lipinski definition) is 2. The second-order valence-electron chi connectivity index (χ2n) is 5.73. The lowest BCUT2D eigenvalue weighted by Crippen LogP contribution is -2.35. The lowest BCUT2D eigenvalue weighted by molar-refractivity contribution is 0.158. The molecule has 0 bridgehead atoms. The second-order valence-corrected chi connectivity index (χ2v) is 6.65. The van der Waals surface area contributed by atoms with Gasteiger partial charge < -0.3 is 5.73 Å². The fourth-order valence-corrected chi connectivity index (χ4v) is 3.54. The topological polar surface area (TPSA) is 29.3 Å². The Bertz CT molecular complexity index is 385. The van der Waals surface area contributed by atoms with Crippen molar-refractivity contribution in [3.8, 4) is 0 Å². The van der Waals surface area contributed by atoms with Crippen LogP contribution in [0, 0.1) is 5.92 Å². The van der Waals surface area contributed by atoms with E-state index in [0.29, 0.717) is 0 Å². The summed E-state index contributed by atoms with van der Waals surface area (Å²) >= 11 is 3.51. The number of nitrogens with two attached hydrogens (primary N) is 1. The maximum absolute atomic E-state index is 5.89. The average Bonchev–Trinajstić information content (AvgIpc) is 2.27. The summed E-state index contributed by atoms with van der Waals surface area (Å²) in [6.45, 7) is 3.36. The first kappa shape index (κ1) is 13.9. The van der Waals surface area contributed by atoms with Gasteiger partial charge in [-0.05, 0) is 49.6 Å². The summed E-state index contributed by atoms with van der Waals surface area (Å²) in [5.74, 6) is 0.874. The predicted octanol–water partition coefficient (Wildman–Crippen LogP) is 4.04. The van der Waals surface area contributed by atoms with Gasteiger partial charge in [-0.25, -0.2) is 0 Å². The smallest absolute Gasteiger partial charge is 0.0328 e. The second kappa shape index (κ2) is 6.07. The highest BCUT2D eigenvalue weighted by Gasteiger charge is 2.22. The fraction of sp³-hybridized carbons (Fsp3) is 0.600. The van der Waals surface area contributed by atoms with Gasteiger partial charge in [0, 0.05) is 22.7 Å². The Labute approximate surface area is 119 Å². The molecule has 0 aliphatic heterocycles. The molecule has 2 rings (SSSR count). The van der Waals surface area contributed by atoms with E-state index in [-0.39, 0.29) is 0 Å². The van der Waals surface area contributed by atoms with Crippen molar-refractivity contribution in [1.29, 1.82) is 0 Å². The van der Waals surface area contributed by atoms with Crippen molar-refractivity contribution in [3.05, 3.63) is 28.2 Å². The third-order valence-electron chi connectivity index (χ3n) is 3.94. The van der Waals surface area contributed by atoms with Gasteiger partial charge in [0.05, 0.1) is 0 Å². The molecule has 2 atom stereocenters. The van der Waals surface area contributed by atoms with Gasteiger partial charge in [-0.1, -0.05) is 35.7 Å². The summed E-state index contributed by atoms with van der Waals surface area (Å²) in [6.07, 6.45) is 5.44. The number of benzene rings is 1. The zero-order valence-corrected chi connectivity index (χ0v) is 12.9. The van der Waals surface area contributed by atoms with Gasteiger partial charge in [0.2, 0.25) is 0 Å². The van der Waals surface area contributed by atoms with E-state index >= 15 is 0 Å². The van der Waals surface area contributed by atoms with Crippen molar-refractivity contribution in [2.24, 2.45) is 5.92 Å². The van der Waals surface area contributed by atoms with Crippen LogP contribution in [0.25, 0.3) is 0 Å². The molecule has 0 radical (unpaired) electrons. The van der Waals surface area contributed by atoms with Crippen LogP contribution in [0.4, 0.5) is 5.69 Å². The van der Waals surface area contributed by atoms with Crippen molar-refractivity contribution in [1.82, 2.24) is 4.90 Å². The number of halogens is 1. The number of anilines is 1. The van der Waals surface area contributed by atoms with Crippen LogP contribution < -0.4 is 5.73 Å². The Morgan fingerprint density at radius 2 is 2.11 bits per heavy atom. The summed E-state index contributed by atoms with van der Waals surface area (Å²) in [6, 6.07) is 6.92. The van der Waals surface area contributed by atoms with Crippen LogP contribution in [0.3, 0.4) is 0 Å². The molecule has 0 spiro atoms. The molecule has 0 amide bonds. The van der Waals surface area contributed by atoms with Gasteiger partial charge in [-0.3, -0.25) is 4.90 Å². The highest BCUT2D eigenvalue weighted by atomic mass is 79.9. The van der Waals surface area contributed by atoms with Crippen molar-refractivity contribution in [2.75, 3.05) is 12.8 Å². The van der Waals surface area contributed by atoms with Gasteiger partial charge >= 0.3 is 0 Å². The molecule has 0 aromatic heterocycles. The van der Waals surface area contributed by atoms with Crippen LogP contribution in [0.5, 0.6) is 0 Å². The number of nitrogens with zero attached hydrogens (tertiary/aromatic N) is 1. The van der Waals surface area contributed by atoms with E-state index in [1.807, 2.05) is 6.07 Å². The molecule has 100 valence electrons. The minimum absolute atomic E-state index is 0.731. The Kier molecular flexibility index (Phi) is 4.68. The van der Waals surface area contributed by atoms with E-state index in [1.165, 1.54) is 31.2 Å². The first-order valence-corrected chi connectivity index (χ1v) is 7.59. The average molecular weight is 311 g/mol. The maximum atomic E-state index is 5.89. The lowest BCUT2D eigenvalue weighted by Gasteiger charge is -2.34. The van der Waals surface area contributed by atoms with Crippen LogP contribution in [0.1, 0.15) is 38.2 Å². The molecule has 1 aliphatic rings. The Morgan fingerprint density at radius 1 is 1.33 bits per heavy atom. The van der Waals surface area contributed by atoms with E-state index in [4.69, 9.17) is 5.73 Å². The standard InChI is InChI=1S/C15H23BrN2/c1-11-4-3-5-15(6-11)18(2)10-12-7-13(16)9-14(17)8-12/h7-9,11,15H,3-6,10,17H2,1-2H3. The molecule has 0 saturated heterocycles. The molecule has 2 unspecified atom stereocenters. The maximum Gasteiger partial charge on any atom is 0.0328 e. The monoisotopic (exact) mass is 310 g/mol. The van der Waals surface area contributed by atoms with Crippen molar-refractivity contribution in [2.45, 2.75) is 45.2 Å². The first-order valence-electron chi connectivity index (χ1n) is 6.80. The van der Waals surface area contributed by atoms with Crippen molar-refractivity contribution in [3.63, 3.8) is 0 Å². The highest BCUT2D eigenvalue weighted by Crippen LogP contribution is 2.28. The normalized spacial score (nSPS) is 24.4. The predicted molar refractivity (Wildman–Crippen MR) is 81.4 cm³/mol. The molecule has 1 aromatic rings. The molecule has 1 fully saturated rings. The minimum Gasteiger partial charge on any atom is -0.399 e. The number of hydrogen-bond donors (Lipinski definition) is 1. The van der Waals surface area contributed by atoms with Crippen molar-refractivity contribution >= 4 is 21.6 Å². The Balaban J connectivity index is 1.99. The third-order valence-corrected chi connectivity index (χ3v) is 4.40. The third kappa shape index (κ3) is 3.72. The molecule has 1 saturated carbocycles. The lowest BCUT2D eigenvalue weighted by atomic mass is 9.86. The fourth-order valence-electron chi connectivity index (χ4n) is 2.99. The van der Waals surface area contributed by atoms with E-state index in [1.54, 1.807) is 0 Å². The van der Waals surface area contributed by atoms with Crippen LogP contribution >= 0.6 is 15.9 Å². The molecular weight excluding hydrogens is 288 g/mol. The van der Waals surface area contributed by atoms with E-state index in [0.717, 1.165) is 28.7 Å². The van der Waals surface area contributed by atoms with E-state index in [2.05, 4.69) is 46.9 Å². The van der Waals surface area contributed by atoms with Crippen molar-refractivity contribution < 1.29 is 0 Å². The van der Waals surface area contributed by atoms with Gasteiger partial charge in [0.15, 0.2) is 0 Å². The van der Waals surface area contributed by atoms with Crippen LogP contribution in [0.15, 0.2) is 22.7 Å². The van der Waals surface area contributed by atoms with Crippen LogP contribution in [-0.2, 0) is 6.54 Å². The molecule has 2 nitrogen and oxygen atoms in total. The van der Waals surface area contributed by atoms with Gasteiger partial charge in [-0.2, -0.15) is 0 Å². The summed E-state index contributed by atoms with van der Waals surface area (Å²) in [7, 11) is 2.24. The zero-order valence-electron chi connectivity index (χ0n) is 11.3. The Hall–Kier alpha value is -0.540. The molecular formula is C15H23BrN2. The first-order chi connectivity index (χ1) is 8.54. The largest absolute Gasteiger partial charge is 0.399 e. The SMILES string of the molecule is CC1CCCC(N(C)Cc2cc(N)cc(Br)c2)C1.